The van der Waals surface area contributed by atoms with Crippen molar-refractivity contribution in [2.75, 3.05) is 24.1 Å². The summed E-state index contributed by atoms with van der Waals surface area (Å²) in [5, 5.41) is 2.91. The van der Waals surface area contributed by atoms with E-state index in [1.165, 1.54) is 4.31 Å². The van der Waals surface area contributed by atoms with Crippen LogP contribution < -0.4 is 19.1 Å². The molecule has 0 bridgehead atoms. The second kappa shape index (κ2) is 9.77. The summed E-state index contributed by atoms with van der Waals surface area (Å²) in [6.07, 6.45) is 0. The number of carbonyl (C=O) groups is 1. The van der Waals surface area contributed by atoms with Crippen LogP contribution in [0.5, 0.6) is 11.5 Å². The number of nitrogens with one attached hydrogen (secondary N) is 1. The van der Waals surface area contributed by atoms with Gasteiger partial charge in [-0.05, 0) is 62.2 Å². The Labute approximate surface area is 200 Å². The summed E-state index contributed by atoms with van der Waals surface area (Å²) >= 11 is 0. The Morgan fingerprint density at radius 3 is 2.35 bits per heavy atom. The molecule has 1 aliphatic rings. The molecule has 178 valence electrons. The number of hydrogen-bond donors (Lipinski definition) is 1. The number of benzene rings is 3. The zero-order valence-electron chi connectivity index (χ0n) is 19.4. The van der Waals surface area contributed by atoms with Gasteiger partial charge in [0.05, 0.1) is 16.6 Å². The molecule has 0 unspecified atom stereocenters. The van der Waals surface area contributed by atoms with Crippen molar-refractivity contribution in [2.24, 2.45) is 0 Å². The number of nitrogens with zero attached hydrogens (tertiary/aromatic N) is 1. The van der Waals surface area contributed by atoms with E-state index >= 15 is 0 Å². The lowest BCUT2D eigenvalue weighted by Gasteiger charge is -2.26. The number of ether oxygens (including phenoxy) is 2. The minimum atomic E-state index is -3.96. The molecule has 1 atom stereocenters. The van der Waals surface area contributed by atoms with Gasteiger partial charge < -0.3 is 14.8 Å². The number of rotatable bonds is 7. The van der Waals surface area contributed by atoms with E-state index in [1.807, 2.05) is 51.1 Å². The number of hydrogen-bond acceptors (Lipinski definition) is 5. The fourth-order valence-electron chi connectivity index (χ4n) is 3.81. The van der Waals surface area contributed by atoms with Gasteiger partial charge in [0.15, 0.2) is 11.5 Å². The number of anilines is 1. The van der Waals surface area contributed by atoms with E-state index in [-0.39, 0.29) is 17.5 Å². The van der Waals surface area contributed by atoms with Crippen LogP contribution in [0.3, 0.4) is 0 Å². The number of para-hydroxylation sites is 1. The van der Waals surface area contributed by atoms with Gasteiger partial charge in [0, 0.05) is 0 Å². The zero-order valence-corrected chi connectivity index (χ0v) is 20.3. The molecular weight excluding hydrogens is 452 g/mol. The van der Waals surface area contributed by atoms with Crippen LogP contribution in [-0.4, -0.2) is 34.1 Å². The summed E-state index contributed by atoms with van der Waals surface area (Å²) in [6, 6.07) is 18.9. The average molecular weight is 481 g/mol. The van der Waals surface area contributed by atoms with Crippen molar-refractivity contribution in [3.05, 3.63) is 83.4 Å². The number of sulfonamides is 1. The highest BCUT2D eigenvalue weighted by molar-refractivity contribution is 7.92. The minimum Gasteiger partial charge on any atom is -0.486 e. The van der Waals surface area contributed by atoms with Crippen LogP contribution in [0.4, 0.5) is 5.69 Å². The van der Waals surface area contributed by atoms with Gasteiger partial charge in [0.2, 0.25) is 5.91 Å². The molecule has 1 heterocycles. The van der Waals surface area contributed by atoms with Crippen LogP contribution in [0.15, 0.2) is 71.6 Å². The van der Waals surface area contributed by atoms with Gasteiger partial charge in [-0.2, -0.15) is 0 Å². The second-order valence-electron chi connectivity index (χ2n) is 8.30. The third-order valence-electron chi connectivity index (χ3n) is 5.72. The summed E-state index contributed by atoms with van der Waals surface area (Å²) in [5.74, 6) is 0.887. The highest BCUT2D eigenvalue weighted by atomic mass is 32.2. The Bertz CT molecular complexity index is 1290. The van der Waals surface area contributed by atoms with Gasteiger partial charge >= 0.3 is 0 Å². The summed E-state index contributed by atoms with van der Waals surface area (Å²) in [6.45, 7) is 6.18. The predicted octanol–water partition coefficient (Wildman–Crippen LogP) is 4.15. The van der Waals surface area contributed by atoms with Crippen molar-refractivity contribution >= 4 is 21.6 Å². The number of amides is 1. The zero-order chi connectivity index (χ0) is 24.3. The van der Waals surface area contributed by atoms with E-state index in [1.54, 1.807) is 36.4 Å². The van der Waals surface area contributed by atoms with Crippen LogP contribution in [-0.2, 0) is 14.8 Å². The van der Waals surface area contributed by atoms with Gasteiger partial charge in [0.25, 0.3) is 10.0 Å². The largest absolute Gasteiger partial charge is 0.486 e. The Balaban J connectivity index is 1.58. The van der Waals surface area contributed by atoms with Crippen LogP contribution in [0.1, 0.15) is 29.7 Å². The fraction of sp³-hybridized carbons (Fsp3) is 0.269. The van der Waals surface area contributed by atoms with E-state index in [0.717, 1.165) is 16.7 Å². The summed E-state index contributed by atoms with van der Waals surface area (Å²) in [4.78, 5) is 13.2. The summed E-state index contributed by atoms with van der Waals surface area (Å²) < 4.78 is 39.5. The molecule has 0 spiro atoms. The first-order chi connectivity index (χ1) is 16.3. The van der Waals surface area contributed by atoms with E-state index in [9.17, 15) is 13.2 Å². The SMILES string of the molecule is Cc1ccc(S(=O)(=O)N(CC(=O)N[C@@H](C)c2ccc3c(c2)OCCO3)c2ccccc2C)cc1. The monoisotopic (exact) mass is 480 g/mol. The van der Waals surface area contributed by atoms with Crippen molar-refractivity contribution < 1.29 is 22.7 Å². The summed E-state index contributed by atoms with van der Waals surface area (Å²) in [5.41, 5.74) is 3.00. The van der Waals surface area contributed by atoms with E-state index in [4.69, 9.17) is 9.47 Å². The molecule has 1 amide bonds. The maximum Gasteiger partial charge on any atom is 0.264 e. The highest BCUT2D eigenvalue weighted by Crippen LogP contribution is 2.33. The number of carbonyl (C=O) groups excluding carboxylic acids is 1. The topological polar surface area (TPSA) is 84.9 Å². The van der Waals surface area contributed by atoms with Crippen molar-refractivity contribution in [3.8, 4) is 11.5 Å². The molecule has 4 rings (SSSR count). The molecule has 8 heteroatoms. The molecule has 0 saturated carbocycles. The first-order valence-corrected chi connectivity index (χ1v) is 12.5. The van der Waals surface area contributed by atoms with E-state index in [2.05, 4.69) is 5.32 Å². The average Bonchev–Trinajstić information content (AvgIpc) is 2.83. The Morgan fingerprint density at radius 1 is 0.971 bits per heavy atom. The fourth-order valence-corrected chi connectivity index (χ4v) is 5.30. The van der Waals surface area contributed by atoms with Crippen LogP contribution in [0.25, 0.3) is 0 Å². The van der Waals surface area contributed by atoms with E-state index in [0.29, 0.717) is 30.4 Å². The lowest BCUT2D eigenvalue weighted by Crippen LogP contribution is -2.41. The highest BCUT2D eigenvalue weighted by Gasteiger charge is 2.28. The van der Waals surface area contributed by atoms with Gasteiger partial charge in [0.1, 0.15) is 19.8 Å². The first-order valence-electron chi connectivity index (χ1n) is 11.1. The Kier molecular flexibility index (Phi) is 6.79. The van der Waals surface area contributed by atoms with Crippen molar-refractivity contribution in [1.82, 2.24) is 5.32 Å². The smallest absolute Gasteiger partial charge is 0.264 e. The maximum atomic E-state index is 13.6. The Hall–Kier alpha value is -3.52. The second-order valence-corrected chi connectivity index (χ2v) is 10.2. The summed E-state index contributed by atoms with van der Waals surface area (Å²) in [7, 11) is -3.96. The van der Waals surface area contributed by atoms with E-state index < -0.39 is 15.9 Å². The molecule has 3 aromatic carbocycles. The van der Waals surface area contributed by atoms with Gasteiger partial charge in [-0.25, -0.2) is 8.42 Å². The van der Waals surface area contributed by atoms with Gasteiger partial charge in [-0.15, -0.1) is 0 Å². The maximum absolute atomic E-state index is 13.6. The quantitative estimate of drug-likeness (QED) is 0.549. The minimum absolute atomic E-state index is 0.133. The van der Waals surface area contributed by atoms with Crippen LogP contribution >= 0.6 is 0 Å². The van der Waals surface area contributed by atoms with Crippen molar-refractivity contribution in [3.63, 3.8) is 0 Å². The third kappa shape index (κ3) is 5.02. The van der Waals surface area contributed by atoms with Crippen molar-refractivity contribution in [1.29, 1.82) is 0 Å². The van der Waals surface area contributed by atoms with Gasteiger partial charge in [-0.1, -0.05) is 42.0 Å². The number of aryl methyl sites for hydroxylation is 2. The van der Waals surface area contributed by atoms with Crippen LogP contribution in [0, 0.1) is 13.8 Å². The first kappa shape index (κ1) is 23.6. The van der Waals surface area contributed by atoms with Crippen LogP contribution in [0.2, 0.25) is 0 Å². The Morgan fingerprint density at radius 2 is 1.65 bits per heavy atom. The van der Waals surface area contributed by atoms with Crippen molar-refractivity contribution in [2.45, 2.75) is 31.7 Å². The molecule has 0 radical (unpaired) electrons. The molecule has 34 heavy (non-hydrogen) atoms. The lowest BCUT2D eigenvalue weighted by atomic mass is 10.1. The molecule has 0 aliphatic carbocycles. The standard InChI is InChI=1S/C26H28N2O5S/c1-18-8-11-22(12-9-18)34(30,31)28(23-7-5-4-6-19(23)2)17-26(29)27-20(3)21-10-13-24-25(16-21)33-15-14-32-24/h4-13,16,20H,14-15,17H2,1-3H3,(H,27,29)/t20-/m0/s1. The molecule has 3 aromatic rings. The normalized spacial score (nSPS) is 13.7. The third-order valence-corrected chi connectivity index (χ3v) is 7.50. The molecule has 0 aromatic heterocycles. The molecule has 0 saturated heterocycles. The number of fused-ring (bicyclic) bond motifs is 1. The molecular formula is C26H28N2O5S. The lowest BCUT2D eigenvalue weighted by molar-refractivity contribution is -0.120. The predicted molar refractivity (Wildman–Crippen MR) is 131 cm³/mol. The molecule has 1 N–H and O–H groups in total. The molecule has 1 aliphatic heterocycles. The van der Waals surface area contributed by atoms with Gasteiger partial charge in [-0.3, -0.25) is 9.10 Å². The molecule has 7 nitrogen and oxygen atoms in total. The molecule has 0 fully saturated rings.